The highest BCUT2D eigenvalue weighted by Crippen LogP contribution is 2.27. The van der Waals surface area contributed by atoms with E-state index in [2.05, 4.69) is 10.3 Å². The number of benzene rings is 1. The van der Waals surface area contributed by atoms with Crippen molar-refractivity contribution in [3.63, 3.8) is 0 Å². The molecule has 9 nitrogen and oxygen atoms in total. The van der Waals surface area contributed by atoms with Crippen molar-refractivity contribution in [2.24, 2.45) is 4.99 Å². The van der Waals surface area contributed by atoms with Crippen LogP contribution >= 0.6 is 0 Å². The van der Waals surface area contributed by atoms with Crippen LogP contribution in [-0.4, -0.2) is 61.7 Å². The summed E-state index contributed by atoms with van der Waals surface area (Å²) in [5, 5.41) is 10.5. The molecule has 0 aliphatic carbocycles. The number of ether oxygens (including phenoxy) is 1. The van der Waals surface area contributed by atoms with E-state index in [-0.39, 0.29) is 12.5 Å². The molecule has 3 atom stereocenters. The quantitative estimate of drug-likeness (QED) is 0.650. The first kappa shape index (κ1) is 16.1. The number of hydrogen-bond donors (Lipinski definition) is 2. The monoisotopic (exact) mass is 351 g/mol. The number of β-lactam (4-membered cyclic amide) rings is 1. The number of carboxylic acid groups (broad SMARTS) is 1. The molecule has 24 heavy (non-hydrogen) atoms. The maximum atomic E-state index is 12.1. The van der Waals surface area contributed by atoms with Crippen LogP contribution in [0.5, 0.6) is 5.75 Å². The Bertz CT molecular complexity index is 750. The average Bonchev–Trinajstić information content (AvgIpc) is 2.58. The van der Waals surface area contributed by atoms with Crippen molar-refractivity contribution in [3.8, 4) is 5.75 Å². The summed E-state index contributed by atoms with van der Waals surface area (Å²) in [6.45, 7) is -0.312. The summed E-state index contributed by atoms with van der Waals surface area (Å²) in [5.74, 6) is -2.76. The fourth-order valence-electron chi connectivity index (χ4n) is 2.42. The second-order valence-electron chi connectivity index (χ2n) is 5.04. The molecule has 10 heteroatoms. The van der Waals surface area contributed by atoms with E-state index in [0.717, 1.165) is 4.90 Å². The highest BCUT2D eigenvalue weighted by atomic mass is 32.2. The number of amidine groups is 1. The predicted octanol–water partition coefficient (Wildman–Crippen LogP) is -1.08. The molecule has 2 aliphatic rings. The highest BCUT2D eigenvalue weighted by Gasteiger charge is 2.56. The van der Waals surface area contributed by atoms with Gasteiger partial charge in [-0.2, -0.15) is 0 Å². The summed E-state index contributed by atoms with van der Waals surface area (Å²) in [4.78, 5) is 39.5. The first-order valence-electron chi connectivity index (χ1n) is 6.94. The molecule has 1 aromatic rings. The molecule has 3 rings (SSSR count). The smallest absolute Gasteiger partial charge is 0.371 e. The Morgan fingerprint density at radius 2 is 2.08 bits per heavy atom. The van der Waals surface area contributed by atoms with Gasteiger partial charge in [0.25, 0.3) is 11.8 Å². The minimum atomic E-state index is -1.57. The predicted molar refractivity (Wildman–Crippen MR) is 82.6 cm³/mol. The molecule has 2 N–H and O–H groups in total. The molecular weight excluding hydrogens is 338 g/mol. The molecule has 2 aliphatic heterocycles. The van der Waals surface area contributed by atoms with E-state index in [1.807, 2.05) is 0 Å². The van der Waals surface area contributed by atoms with Gasteiger partial charge in [-0.1, -0.05) is 18.2 Å². The van der Waals surface area contributed by atoms with Crippen molar-refractivity contribution in [3.05, 3.63) is 30.3 Å². The van der Waals surface area contributed by atoms with Crippen LogP contribution in [-0.2, 0) is 25.2 Å². The molecule has 0 bridgehead atoms. The van der Waals surface area contributed by atoms with Crippen LogP contribution in [0.3, 0.4) is 0 Å². The number of para-hydroxylation sites is 1. The van der Waals surface area contributed by atoms with E-state index in [4.69, 9.17) is 9.84 Å². The van der Waals surface area contributed by atoms with E-state index in [9.17, 15) is 18.6 Å². The van der Waals surface area contributed by atoms with Crippen molar-refractivity contribution in [2.45, 2.75) is 11.4 Å². The number of nitrogens with zero attached hydrogens (tertiary/aromatic N) is 2. The molecule has 0 radical (unpaired) electrons. The number of carbonyl (C=O) groups excluding carboxylic acids is 2. The number of aliphatic imine (C=N–C) groups is 1. The lowest BCUT2D eigenvalue weighted by Crippen LogP contribution is -2.75. The molecule has 3 unspecified atom stereocenters. The second kappa shape index (κ2) is 6.40. The van der Waals surface area contributed by atoms with Crippen molar-refractivity contribution in [1.29, 1.82) is 0 Å². The Morgan fingerprint density at radius 3 is 2.75 bits per heavy atom. The standard InChI is InChI=1S/C14H13N3O6S/c18-9(6-23-8-4-2-1-3-5-8)16-10-12(19)17-11(14(20)21)15-7-24(22)13(10)17/h1-5,10,13H,6-7H2,(H,16,18)(H,20,21). The molecule has 2 heterocycles. The number of rotatable bonds is 5. The molecule has 0 aromatic heterocycles. The molecule has 1 saturated heterocycles. The summed E-state index contributed by atoms with van der Waals surface area (Å²) in [6, 6.07) is 7.61. The van der Waals surface area contributed by atoms with Crippen molar-refractivity contribution in [1.82, 2.24) is 10.2 Å². The van der Waals surface area contributed by atoms with Crippen LogP contribution < -0.4 is 10.1 Å². The SMILES string of the molecule is O=C(COc1ccccc1)NC1C(=O)N2C(C(=O)O)=NCS(=O)C12. The number of carbonyl (C=O) groups is 3. The maximum absolute atomic E-state index is 12.1. The fourth-order valence-corrected chi connectivity index (χ4v) is 3.75. The largest absolute Gasteiger partial charge is 0.484 e. The van der Waals surface area contributed by atoms with Gasteiger partial charge >= 0.3 is 5.97 Å². The topological polar surface area (TPSA) is 125 Å². The van der Waals surface area contributed by atoms with E-state index in [0.29, 0.717) is 5.75 Å². The van der Waals surface area contributed by atoms with E-state index >= 15 is 0 Å². The lowest BCUT2D eigenvalue weighted by molar-refractivity contribution is -0.145. The van der Waals surface area contributed by atoms with Crippen molar-refractivity contribution >= 4 is 34.4 Å². The molecule has 0 saturated carbocycles. The van der Waals surface area contributed by atoms with Crippen molar-refractivity contribution < 1.29 is 28.4 Å². The first-order chi connectivity index (χ1) is 11.5. The average molecular weight is 351 g/mol. The van der Waals surface area contributed by atoms with Gasteiger partial charge in [0, 0.05) is 0 Å². The van der Waals surface area contributed by atoms with Gasteiger partial charge in [0.1, 0.15) is 23.0 Å². The number of amides is 2. The summed E-state index contributed by atoms with van der Waals surface area (Å²) in [5.41, 5.74) is 0. The zero-order chi connectivity index (χ0) is 17.3. The summed E-state index contributed by atoms with van der Waals surface area (Å²) in [7, 11) is -1.57. The molecule has 2 amide bonds. The van der Waals surface area contributed by atoms with Gasteiger partial charge in [0.05, 0.1) is 10.8 Å². The third-order valence-corrected chi connectivity index (χ3v) is 4.91. The Morgan fingerprint density at radius 1 is 1.38 bits per heavy atom. The zero-order valence-electron chi connectivity index (χ0n) is 12.2. The number of nitrogens with one attached hydrogen (secondary N) is 1. The van der Waals surface area contributed by atoms with E-state index < -0.39 is 45.8 Å². The van der Waals surface area contributed by atoms with Crippen molar-refractivity contribution in [2.75, 3.05) is 12.5 Å². The Kier molecular flexibility index (Phi) is 4.30. The summed E-state index contributed by atoms with van der Waals surface area (Å²) in [6.07, 6.45) is 0. The Labute approximate surface area is 138 Å². The molecule has 126 valence electrons. The van der Waals surface area contributed by atoms with Crippen LogP contribution in [0, 0.1) is 0 Å². The van der Waals surface area contributed by atoms with Gasteiger partial charge in [0.15, 0.2) is 6.61 Å². The molecule has 1 fully saturated rings. The number of aliphatic carboxylic acids is 1. The van der Waals surface area contributed by atoms with Gasteiger partial charge in [-0.3, -0.25) is 18.7 Å². The number of hydrogen-bond acceptors (Lipinski definition) is 6. The van der Waals surface area contributed by atoms with Gasteiger partial charge in [-0.05, 0) is 12.1 Å². The number of fused-ring (bicyclic) bond motifs is 1. The lowest BCUT2D eigenvalue weighted by atomic mass is 10.1. The van der Waals surface area contributed by atoms with Crippen LogP contribution in [0.4, 0.5) is 0 Å². The summed E-state index contributed by atoms with van der Waals surface area (Å²) < 4.78 is 17.2. The Balaban J connectivity index is 1.61. The summed E-state index contributed by atoms with van der Waals surface area (Å²) >= 11 is 0. The van der Waals surface area contributed by atoms with Gasteiger partial charge in [-0.25, -0.2) is 9.79 Å². The van der Waals surface area contributed by atoms with Crippen LogP contribution in [0.2, 0.25) is 0 Å². The van der Waals surface area contributed by atoms with Crippen LogP contribution in [0.25, 0.3) is 0 Å². The molecule has 1 aromatic carbocycles. The zero-order valence-corrected chi connectivity index (χ0v) is 13.1. The van der Waals surface area contributed by atoms with Crippen LogP contribution in [0.15, 0.2) is 35.3 Å². The second-order valence-corrected chi connectivity index (χ2v) is 6.55. The maximum Gasteiger partial charge on any atom is 0.371 e. The van der Waals surface area contributed by atoms with Gasteiger partial charge in [-0.15, -0.1) is 0 Å². The normalized spacial score (nSPS) is 25.2. The minimum absolute atomic E-state index is 0.219. The highest BCUT2D eigenvalue weighted by molar-refractivity contribution is 7.85. The third kappa shape index (κ3) is 2.87. The van der Waals surface area contributed by atoms with E-state index in [1.165, 1.54) is 0 Å². The lowest BCUT2D eigenvalue weighted by Gasteiger charge is -2.46. The minimum Gasteiger partial charge on any atom is -0.484 e. The first-order valence-corrected chi connectivity index (χ1v) is 8.32. The van der Waals surface area contributed by atoms with Gasteiger partial charge < -0.3 is 15.2 Å². The fraction of sp³-hybridized carbons (Fsp3) is 0.286. The van der Waals surface area contributed by atoms with E-state index in [1.54, 1.807) is 30.3 Å². The van der Waals surface area contributed by atoms with Gasteiger partial charge in [0.2, 0.25) is 5.84 Å². The molecular formula is C14H13N3O6S. The molecule has 0 spiro atoms. The van der Waals surface area contributed by atoms with Crippen LogP contribution in [0.1, 0.15) is 0 Å². The number of carboxylic acids is 1. The third-order valence-electron chi connectivity index (χ3n) is 3.50. The Hall–Kier alpha value is -2.75.